The van der Waals surface area contributed by atoms with Crippen LogP contribution in [0, 0.1) is 0 Å². The minimum atomic E-state index is -2.80. The van der Waals surface area contributed by atoms with Crippen LogP contribution in [0.5, 0.6) is 5.75 Å². The van der Waals surface area contributed by atoms with Crippen LogP contribution >= 0.6 is 0 Å². The van der Waals surface area contributed by atoms with Gasteiger partial charge in [0.1, 0.15) is 5.75 Å². The van der Waals surface area contributed by atoms with E-state index in [9.17, 15) is 8.78 Å². The van der Waals surface area contributed by atoms with Crippen LogP contribution in [-0.2, 0) is 4.74 Å². The van der Waals surface area contributed by atoms with Gasteiger partial charge in [-0.3, -0.25) is 4.90 Å². The predicted molar refractivity (Wildman–Crippen MR) is 81.3 cm³/mol. The van der Waals surface area contributed by atoms with Gasteiger partial charge < -0.3 is 14.8 Å². The van der Waals surface area contributed by atoms with Crippen molar-refractivity contribution < 1.29 is 18.3 Å². The number of nitrogens with one attached hydrogen (secondary N) is 1. The Balaban J connectivity index is 1.90. The number of para-hydroxylation sites is 1. The normalized spacial score (nSPS) is 19.1. The molecule has 1 aliphatic heterocycles. The Hall–Kier alpha value is -1.24. The maximum atomic E-state index is 12.5. The van der Waals surface area contributed by atoms with Crippen molar-refractivity contribution in [1.82, 2.24) is 10.2 Å². The van der Waals surface area contributed by atoms with Gasteiger partial charge in [-0.15, -0.1) is 0 Å². The van der Waals surface area contributed by atoms with Gasteiger partial charge in [0.05, 0.1) is 13.2 Å². The lowest BCUT2D eigenvalue weighted by molar-refractivity contribution is -0.0506. The molecule has 0 aromatic heterocycles. The van der Waals surface area contributed by atoms with Crippen molar-refractivity contribution in [3.05, 3.63) is 29.8 Å². The zero-order chi connectivity index (χ0) is 15.9. The molecule has 2 atom stereocenters. The lowest BCUT2D eigenvalue weighted by Crippen LogP contribution is -2.46. The van der Waals surface area contributed by atoms with Crippen molar-refractivity contribution in [2.45, 2.75) is 32.5 Å². The molecule has 1 aromatic rings. The lowest BCUT2D eigenvalue weighted by atomic mass is 10.1. The van der Waals surface area contributed by atoms with Crippen LogP contribution in [0.15, 0.2) is 24.3 Å². The summed E-state index contributed by atoms with van der Waals surface area (Å²) in [6.45, 7) is 5.50. The Bertz CT molecular complexity index is 454. The van der Waals surface area contributed by atoms with Gasteiger partial charge in [-0.1, -0.05) is 18.2 Å². The molecule has 6 heteroatoms. The third kappa shape index (κ3) is 4.90. The molecule has 1 N–H and O–H groups in total. The first-order chi connectivity index (χ1) is 10.6. The highest BCUT2D eigenvalue weighted by Crippen LogP contribution is 2.26. The van der Waals surface area contributed by atoms with E-state index in [0.717, 1.165) is 38.4 Å². The van der Waals surface area contributed by atoms with Gasteiger partial charge in [-0.25, -0.2) is 0 Å². The van der Waals surface area contributed by atoms with Gasteiger partial charge in [0.25, 0.3) is 0 Å². The van der Waals surface area contributed by atoms with E-state index in [1.54, 1.807) is 12.1 Å². The number of hydrogen-bond acceptors (Lipinski definition) is 4. The molecule has 0 saturated carbocycles. The van der Waals surface area contributed by atoms with Crippen LogP contribution in [0.3, 0.4) is 0 Å². The Morgan fingerprint density at radius 3 is 2.59 bits per heavy atom. The highest BCUT2D eigenvalue weighted by molar-refractivity contribution is 5.35. The van der Waals surface area contributed by atoms with Crippen molar-refractivity contribution in [3.63, 3.8) is 0 Å². The average Bonchev–Trinajstić information content (AvgIpc) is 2.53. The van der Waals surface area contributed by atoms with Gasteiger partial charge in [-0.05, 0) is 19.9 Å². The number of halogens is 2. The van der Waals surface area contributed by atoms with Crippen LogP contribution in [0.4, 0.5) is 8.78 Å². The Morgan fingerprint density at radius 1 is 1.23 bits per heavy atom. The number of alkyl halides is 2. The molecule has 2 rings (SSSR count). The molecule has 1 saturated heterocycles. The molecule has 0 bridgehead atoms. The summed E-state index contributed by atoms with van der Waals surface area (Å²) in [6.07, 6.45) is 0. The van der Waals surface area contributed by atoms with E-state index in [2.05, 4.69) is 21.9 Å². The quantitative estimate of drug-likeness (QED) is 0.839. The molecule has 1 aromatic carbocycles. The number of benzene rings is 1. The Morgan fingerprint density at radius 2 is 1.91 bits per heavy atom. The van der Waals surface area contributed by atoms with Gasteiger partial charge in [0.15, 0.2) is 0 Å². The van der Waals surface area contributed by atoms with E-state index < -0.39 is 6.61 Å². The maximum Gasteiger partial charge on any atom is 0.387 e. The molecular weight excluding hydrogens is 290 g/mol. The van der Waals surface area contributed by atoms with Gasteiger partial charge in [-0.2, -0.15) is 8.78 Å². The second kappa shape index (κ2) is 8.41. The van der Waals surface area contributed by atoms with E-state index in [1.807, 2.05) is 19.1 Å². The predicted octanol–water partition coefficient (Wildman–Crippen LogP) is 2.66. The standard InChI is InChI=1S/C16H24F2N2O2/c1-12(20-7-9-21-10-8-20)11-19-13(2)14-5-3-4-6-15(14)22-16(17)18/h3-6,12-13,16,19H,7-11H2,1-2H3/t12-,13-/m0/s1. The molecule has 4 nitrogen and oxygen atoms in total. The summed E-state index contributed by atoms with van der Waals surface area (Å²) >= 11 is 0. The molecule has 124 valence electrons. The molecule has 1 aliphatic rings. The largest absolute Gasteiger partial charge is 0.434 e. The van der Waals surface area contributed by atoms with Crippen molar-refractivity contribution in [3.8, 4) is 5.75 Å². The van der Waals surface area contributed by atoms with Crippen molar-refractivity contribution >= 4 is 0 Å². The van der Waals surface area contributed by atoms with Crippen LogP contribution < -0.4 is 10.1 Å². The van der Waals surface area contributed by atoms with E-state index in [1.165, 1.54) is 0 Å². The molecule has 0 spiro atoms. The summed E-state index contributed by atoms with van der Waals surface area (Å²) in [5, 5.41) is 3.40. The Labute approximate surface area is 130 Å². The van der Waals surface area contributed by atoms with Crippen LogP contribution in [0.25, 0.3) is 0 Å². The lowest BCUT2D eigenvalue weighted by Gasteiger charge is -2.33. The second-order valence-corrected chi connectivity index (χ2v) is 5.54. The van der Waals surface area contributed by atoms with Gasteiger partial charge in [0.2, 0.25) is 0 Å². The average molecular weight is 314 g/mol. The van der Waals surface area contributed by atoms with E-state index >= 15 is 0 Å². The van der Waals surface area contributed by atoms with Crippen molar-refractivity contribution in [2.75, 3.05) is 32.8 Å². The first-order valence-electron chi connectivity index (χ1n) is 7.67. The second-order valence-electron chi connectivity index (χ2n) is 5.54. The molecule has 0 unspecified atom stereocenters. The van der Waals surface area contributed by atoms with Crippen molar-refractivity contribution in [1.29, 1.82) is 0 Å². The molecule has 22 heavy (non-hydrogen) atoms. The first-order valence-corrected chi connectivity index (χ1v) is 7.67. The van der Waals surface area contributed by atoms with Gasteiger partial charge in [0, 0.05) is 37.3 Å². The Kier molecular flexibility index (Phi) is 6.54. The minimum Gasteiger partial charge on any atom is -0.434 e. The summed E-state index contributed by atoms with van der Waals surface area (Å²) in [5.41, 5.74) is 0.747. The monoisotopic (exact) mass is 314 g/mol. The minimum absolute atomic E-state index is 0.0570. The highest BCUT2D eigenvalue weighted by Gasteiger charge is 2.19. The summed E-state index contributed by atoms with van der Waals surface area (Å²) in [5.74, 6) is 0.233. The molecule has 1 heterocycles. The number of nitrogens with zero attached hydrogens (tertiary/aromatic N) is 1. The van der Waals surface area contributed by atoms with E-state index in [0.29, 0.717) is 6.04 Å². The fourth-order valence-electron chi connectivity index (χ4n) is 2.65. The third-order valence-electron chi connectivity index (χ3n) is 3.99. The smallest absolute Gasteiger partial charge is 0.387 e. The number of morpholine rings is 1. The zero-order valence-corrected chi connectivity index (χ0v) is 13.1. The van der Waals surface area contributed by atoms with Crippen LogP contribution in [0.2, 0.25) is 0 Å². The SMILES string of the molecule is C[C@H](NC[C@H](C)N1CCOCC1)c1ccccc1OC(F)F. The maximum absolute atomic E-state index is 12.5. The number of ether oxygens (including phenoxy) is 2. The van der Waals surface area contributed by atoms with E-state index in [4.69, 9.17) is 4.74 Å². The molecule has 1 fully saturated rings. The first kappa shape index (κ1) is 17.1. The molecule has 0 aliphatic carbocycles. The molecule has 0 amide bonds. The number of hydrogen-bond donors (Lipinski definition) is 1. The summed E-state index contributed by atoms with van der Waals surface area (Å²) in [7, 11) is 0. The number of rotatable bonds is 7. The summed E-state index contributed by atoms with van der Waals surface area (Å²) in [4.78, 5) is 2.37. The highest BCUT2D eigenvalue weighted by atomic mass is 19.3. The van der Waals surface area contributed by atoms with E-state index in [-0.39, 0.29) is 11.8 Å². The summed E-state index contributed by atoms with van der Waals surface area (Å²) < 4.78 is 34.9. The fraction of sp³-hybridized carbons (Fsp3) is 0.625. The molecule has 0 radical (unpaired) electrons. The molecular formula is C16H24F2N2O2. The van der Waals surface area contributed by atoms with Gasteiger partial charge >= 0.3 is 6.61 Å². The van der Waals surface area contributed by atoms with Crippen LogP contribution in [0.1, 0.15) is 25.5 Å². The summed E-state index contributed by atoms with van der Waals surface area (Å²) in [6, 6.07) is 7.23. The zero-order valence-electron chi connectivity index (χ0n) is 13.1. The fourth-order valence-corrected chi connectivity index (χ4v) is 2.65. The third-order valence-corrected chi connectivity index (χ3v) is 3.99. The van der Waals surface area contributed by atoms with Crippen molar-refractivity contribution in [2.24, 2.45) is 0 Å². The van der Waals surface area contributed by atoms with Crippen LogP contribution in [-0.4, -0.2) is 50.4 Å². The topological polar surface area (TPSA) is 33.7 Å².